The predicted molar refractivity (Wildman–Crippen MR) is 130 cm³/mol. The highest BCUT2D eigenvalue weighted by atomic mass is 19.1. The van der Waals surface area contributed by atoms with E-state index in [4.69, 9.17) is 4.74 Å². The van der Waals surface area contributed by atoms with Gasteiger partial charge in [-0.05, 0) is 55.7 Å². The first kappa shape index (κ1) is 23.5. The van der Waals surface area contributed by atoms with Gasteiger partial charge in [0.25, 0.3) is 0 Å². The molecule has 176 valence electrons. The summed E-state index contributed by atoms with van der Waals surface area (Å²) in [4.78, 5) is 28.3. The molecule has 6 heteroatoms. The summed E-state index contributed by atoms with van der Waals surface area (Å²) in [7, 11) is 1.59. The summed E-state index contributed by atoms with van der Waals surface area (Å²) in [5.41, 5.74) is 3.60. The summed E-state index contributed by atoms with van der Waals surface area (Å²) in [6, 6.07) is 21.1. The average Bonchev–Trinajstić information content (AvgIpc) is 2.85. The molecule has 0 saturated carbocycles. The number of rotatable bonds is 7. The van der Waals surface area contributed by atoms with Crippen LogP contribution in [0.2, 0.25) is 0 Å². The Morgan fingerprint density at radius 2 is 1.76 bits per heavy atom. The van der Waals surface area contributed by atoms with Crippen LogP contribution in [-0.2, 0) is 16.0 Å². The van der Waals surface area contributed by atoms with E-state index in [2.05, 4.69) is 5.32 Å². The SMILES string of the molecule is COc1ccccc1C1C(C(=O)NCCc2ccc(F)cc2)CCC(=O)N1c1ccc(C)cc1. The fourth-order valence-corrected chi connectivity index (χ4v) is 4.56. The smallest absolute Gasteiger partial charge is 0.227 e. The molecule has 1 saturated heterocycles. The Hall–Kier alpha value is -3.67. The summed E-state index contributed by atoms with van der Waals surface area (Å²) >= 11 is 0. The van der Waals surface area contributed by atoms with Gasteiger partial charge < -0.3 is 15.0 Å². The molecular formula is C28H29FN2O3. The number of methoxy groups -OCH3 is 1. The summed E-state index contributed by atoms with van der Waals surface area (Å²) in [6.07, 6.45) is 1.33. The number of nitrogens with zero attached hydrogens (tertiary/aromatic N) is 1. The Labute approximate surface area is 199 Å². The molecule has 0 spiro atoms. The Bertz CT molecular complexity index is 1150. The number of halogens is 1. The van der Waals surface area contributed by atoms with Gasteiger partial charge in [-0.25, -0.2) is 4.39 Å². The van der Waals surface area contributed by atoms with E-state index >= 15 is 0 Å². The van der Waals surface area contributed by atoms with Crippen LogP contribution >= 0.6 is 0 Å². The average molecular weight is 461 g/mol. The van der Waals surface area contributed by atoms with E-state index < -0.39 is 12.0 Å². The molecule has 3 aromatic carbocycles. The molecule has 0 aliphatic carbocycles. The van der Waals surface area contributed by atoms with Gasteiger partial charge in [-0.15, -0.1) is 0 Å². The van der Waals surface area contributed by atoms with Gasteiger partial charge in [-0.2, -0.15) is 0 Å². The number of carbonyl (C=O) groups excluding carboxylic acids is 2. The van der Waals surface area contributed by atoms with Crippen LogP contribution in [0.3, 0.4) is 0 Å². The number of piperidine rings is 1. The summed E-state index contributed by atoms with van der Waals surface area (Å²) in [6.45, 7) is 2.43. The van der Waals surface area contributed by atoms with Crippen molar-refractivity contribution in [2.24, 2.45) is 5.92 Å². The fourth-order valence-electron chi connectivity index (χ4n) is 4.56. The molecule has 2 amide bonds. The zero-order valence-corrected chi connectivity index (χ0v) is 19.5. The van der Waals surface area contributed by atoms with Gasteiger partial charge >= 0.3 is 0 Å². The summed E-state index contributed by atoms with van der Waals surface area (Å²) in [5, 5.41) is 3.04. The maximum absolute atomic E-state index is 13.4. The van der Waals surface area contributed by atoms with Gasteiger partial charge in [-0.1, -0.05) is 48.0 Å². The zero-order chi connectivity index (χ0) is 24.1. The van der Waals surface area contributed by atoms with Gasteiger partial charge in [0, 0.05) is 24.2 Å². The number of anilines is 1. The van der Waals surface area contributed by atoms with Crippen LogP contribution in [0.1, 0.15) is 35.6 Å². The number of carbonyl (C=O) groups is 2. The van der Waals surface area contributed by atoms with Crippen molar-refractivity contribution in [3.05, 3.63) is 95.3 Å². The molecule has 34 heavy (non-hydrogen) atoms. The van der Waals surface area contributed by atoms with Gasteiger partial charge in [0.05, 0.1) is 19.1 Å². The van der Waals surface area contributed by atoms with Crippen LogP contribution in [0.25, 0.3) is 0 Å². The van der Waals surface area contributed by atoms with Crippen molar-refractivity contribution >= 4 is 17.5 Å². The topological polar surface area (TPSA) is 58.6 Å². The Kier molecular flexibility index (Phi) is 7.26. The minimum atomic E-state index is -0.495. The number of hydrogen-bond donors (Lipinski definition) is 1. The van der Waals surface area contributed by atoms with Crippen molar-refractivity contribution in [2.75, 3.05) is 18.6 Å². The standard InChI is InChI=1S/C28H29FN2O3/c1-19-7-13-22(14-8-19)31-26(32)16-15-24(27(31)23-5-3-4-6-25(23)34-2)28(33)30-18-17-20-9-11-21(29)12-10-20/h3-14,24,27H,15-18H2,1-2H3,(H,30,33). The number of aryl methyl sites for hydroxylation is 1. The van der Waals surface area contributed by atoms with Gasteiger partial charge in [0.15, 0.2) is 0 Å². The monoisotopic (exact) mass is 460 g/mol. The van der Waals surface area contributed by atoms with Crippen LogP contribution in [0.5, 0.6) is 5.75 Å². The first-order valence-electron chi connectivity index (χ1n) is 11.5. The van der Waals surface area contributed by atoms with Crippen LogP contribution < -0.4 is 15.0 Å². The van der Waals surface area contributed by atoms with E-state index in [0.29, 0.717) is 25.1 Å². The summed E-state index contributed by atoms with van der Waals surface area (Å²) < 4.78 is 18.8. The first-order chi connectivity index (χ1) is 16.5. The summed E-state index contributed by atoms with van der Waals surface area (Å²) in [5.74, 6) is -0.208. The normalized spacial score (nSPS) is 18.0. The van der Waals surface area contributed by atoms with Crippen LogP contribution in [0.4, 0.5) is 10.1 Å². The van der Waals surface area contributed by atoms with E-state index in [-0.39, 0.29) is 24.1 Å². The predicted octanol–water partition coefficient (Wildman–Crippen LogP) is 4.99. The van der Waals surface area contributed by atoms with Crippen molar-refractivity contribution in [2.45, 2.75) is 32.2 Å². The lowest BCUT2D eigenvalue weighted by Gasteiger charge is -2.41. The second-order valence-electron chi connectivity index (χ2n) is 8.60. The van der Waals surface area contributed by atoms with Crippen molar-refractivity contribution in [1.82, 2.24) is 5.32 Å². The van der Waals surface area contributed by atoms with Crippen LogP contribution in [0.15, 0.2) is 72.8 Å². The number of para-hydroxylation sites is 1. The highest BCUT2D eigenvalue weighted by molar-refractivity contribution is 5.97. The molecular weight excluding hydrogens is 431 g/mol. The molecule has 1 heterocycles. The molecule has 2 unspecified atom stereocenters. The van der Waals surface area contributed by atoms with Gasteiger partial charge in [0.1, 0.15) is 11.6 Å². The first-order valence-corrected chi connectivity index (χ1v) is 11.5. The second-order valence-corrected chi connectivity index (χ2v) is 8.60. The van der Waals surface area contributed by atoms with Gasteiger partial charge in [0.2, 0.25) is 11.8 Å². The molecule has 1 aliphatic heterocycles. The van der Waals surface area contributed by atoms with Crippen molar-refractivity contribution in [1.29, 1.82) is 0 Å². The number of nitrogens with one attached hydrogen (secondary N) is 1. The Morgan fingerprint density at radius 3 is 2.47 bits per heavy atom. The zero-order valence-electron chi connectivity index (χ0n) is 19.5. The molecule has 1 aliphatic rings. The third kappa shape index (κ3) is 5.11. The van der Waals surface area contributed by atoms with Crippen LogP contribution in [0, 0.1) is 18.7 Å². The van der Waals surface area contributed by atoms with E-state index in [9.17, 15) is 14.0 Å². The minimum Gasteiger partial charge on any atom is -0.496 e. The van der Waals surface area contributed by atoms with Crippen molar-refractivity contribution in [3.63, 3.8) is 0 Å². The largest absolute Gasteiger partial charge is 0.496 e. The Balaban J connectivity index is 1.62. The Morgan fingerprint density at radius 1 is 1.06 bits per heavy atom. The van der Waals surface area contributed by atoms with E-state index in [1.807, 2.05) is 55.5 Å². The maximum Gasteiger partial charge on any atom is 0.227 e. The van der Waals surface area contributed by atoms with E-state index in [1.165, 1.54) is 12.1 Å². The van der Waals surface area contributed by atoms with Gasteiger partial charge in [-0.3, -0.25) is 9.59 Å². The highest BCUT2D eigenvalue weighted by Gasteiger charge is 2.42. The molecule has 1 fully saturated rings. The molecule has 5 nitrogen and oxygen atoms in total. The number of amides is 2. The number of benzene rings is 3. The molecule has 0 radical (unpaired) electrons. The number of hydrogen-bond acceptors (Lipinski definition) is 3. The molecule has 4 rings (SSSR count). The van der Waals surface area contributed by atoms with Crippen LogP contribution in [-0.4, -0.2) is 25.5 Å². The molecule has 0 bridgehead atoms. The van der Waals surface area contributed by atoms with E-state index in [1.54, 1.807) is 24.1 Å². The fraction of sp³-hybridized carbons (Fsp3) is 0.286. The maximum atomic E-state index is 13.4. The minimum absolute atomic E-state index is 0.0184. The second kappa shape index (κ2) is 10.5. The molecule has 2 atom stereocenters. The molecule has 0 aromatic heterocycles. The van der Waals surface area contributed by atoms with Crippen molar-refractivity contribution < 1.29 is 18.7 Å². The molecule has 3 aromatic rings. The van der Waals surface area contributed by atoms with E-state index in [0.717, 1.165) is 22.4 Å². The molecule has 1 N–H and O–H groups in total. The lowest BCUT2D eigenvalue weighted by atomic mass is 9.82. The van der Waals surface area contributed by atoms with Crippen molar-refractivity contribution in [3.8, 4) is 5.75 Å². The lowest BCUT2D eigenvalue weighted by molar-refractivity contribution is -0.129. The highest BCUT2D eigenvalue weighted by Crippen LogP contribution is 2.43. The number of ether oxygens (including phenoxy) is 1. The third-order valence-corrected chi connectivity index (χ3v) is 6.33. The lowest BCUT2D eigenvalue weighted by Crippen LogP contribution is -2.48. The quantitative estimate of drug-likeness (QED) is 0.541. The third-order valence-electron chi connectivity index (χ3n) is 6.33.